The SMILES string of the molecule is CC(C)OC(=O)c1ccc(C(F)(F)F)cc1-c1ccc2c(c1)[C@H](O)[C@@H](Cc1ccccc1)CO2. The largest absolute Gasteiger partial charge is 0.493 e. The molecule has 4 rings (SSSR count). The molecular weight excluding hydrogens is 445 g/mol. The van der Waals surface area contributed by atoms with Crippen LogP contribution < -0.4 is 4.74 Å². The second kappa shape index (κ2) is 9.50. The number of carbonyl (C=O) groups excluding carboxylic acids is 1. The molecule has 1 aliphatic rings. The normalized spacial score (nSPS) is 17.7. The van der Waals surface area contributed by atoms with Gasteiger partial charge in [-0.25, -0.2) is 4.79 Å². The number of aliphatic hydroxyl groups excluding tert-OH is 1. The van der Waals surface area contributed by atoms with E-state index >= 15 is 0 Å². The fourth-order valence-electron chi connectivity index (χ4n) is 4.12. The molecule has 2 atom stereocenters. The summed E-state index contributed by atoms with van der Waals surface area (Å²) in [6.45, 7) is 3.65. The van der Waals surface area contributed by atoms with Crippen LogP contribution in [0.15, 0.2) is 66.7 Å². The van der Waals surface area contributed by atoms with E-state index in [0.29, 0.717) is 29.9 Å². The third kappa shape index (κ3) is 5.09. The van der Waals surface area contributed by atoms with Crippen LogP contribution in [0.2, 0.25) is 0 Å². The highest BCUT2D eigenvalue weighted by molar-refractivity contribution is 5.97. The number of hydrogen-bond donors (Lipinski definition) is 1. The van der Waals surface area contributed by atoms with E-state index in [9.17, 15) is 23.1 Å². The number of fused-ring (bicyclic) bond motifs is 1. The van der Waals surface area contributed by atoms with Crippen LogP contribution in [0.3, 0.4) is 0 Å². The summed E-state index contributed by atoms with van der Waals surface area (Å²) in [5.74, 6) is -0.467. The summed E-state index contributed by atoms with van der Waals surface area (Å²) in [5, 5.41) is 11.1. The van der Waals surface area contributed by atoms with Gasteiger partial charge in [-0.3, -0.25) is 0 Å². The molecule has 0 saturated heterocycles. The molecule has 3 aromatic rings. The first-order valence-corrected chi connectivity index (χ1v) is 11.0. The number of esters is 1. The number of ether oxygens (including phenoxy) is 2. The molecule has 7 heteroatoms. The quantitative estimate of drug-likeness (QED) is 0.450. The van der Waals surface area contributed by atoms with E-state index in [0.717, 1.165) is 23.8 Å². The van der Waals surface area contributed by atoms with Crippen LogP contribution in [0.5, 0.6) is 5.75 Å². The molecule has 0 aliphatic carbocycles. The van der Waals surface area contributed by atoms with Crippen molar-refractivity contribution in [2.75, 3.05) is 6.61 Å². The molecule has 0 unspecified atom stereocenters. The lowest BCUT2D eigenvalue weighted by Gasteiger charge is -2.31. The van der Waals surface area contributed by atoms with Crippen LogP contribution in [0.25, 0.3) is 11.1 Å². The average molecular weight is 470 g/mol. The van der Waals surface area contributed by atoms with Gasteiger partial charge in [-0.05, 0) is 67.3 Å². The predicted octanol–water partition coefficient (Wildman–Crippen LogP) is 6.22. The van der Waals surface area contributed by atoms with Crippen molar-refractivity contribution in [3.63, 3.8) is 0 Å². The number of carbonyl (C=O) groups is 1. The fraction of sp³-hybridized carbons (Fsp3) is 0.296. The van der Waals surface area contributed by atoms with E-state index in [1.807, 2.05) is 30.3 Å². The Labute approximate surface area is 196 Å². The van der Waals surface area contributed by atoms with Crippen molar-refractivity contribution in [3.8, 4) is 16.9 Å². The fourth-order valence-corrected chi connectivity index (χ4v) is 4.12. The molecule has 0 bridgehead atoms. The Morgan fingerprint density at radius 2 is 1.82 bits per heavy atom. The van der Waals surface area contributed by atoms with E-state index in [1.54, 1.807) is 32.0 Å². The zero-order valence-corrected chi connectivity index (χ0v) is 18.8. The summed E-state index contributed by atoms with van der Waals surface area (Å²) in [6.07, 6.45) is -5.30. The summed E-state index contributed by atoms with van der Waals surface area (Å²) in [7, 11) is 0. The summed E-state index contributed by atoms with van der Waals surface area (Å²) < 4.78 is 51.4. The van der Waals surface area contributed by atoms with Gasteiger partial charge in [0.15, 0.2) is 0 Å². The van der Waals surface area contributed by atoms with Crippen molar-refractivity contribution in [1.29, 1.82) is 0 Å². The molecule has 4 nitrogen and oxygen atoms in total. The lowest BCUT2D eigenvalue weighted by molar-refractivity contribution is -0.137. The molecule has 0 aromatic heterocycles. The van der Waals surface area contributed by atoms with Crippen molar-refractivity contribution in [2.45, 2.75) is 38.7 Å². The third-order valence-corrected chi connectivity index (χ3v) is 5.79. The first-order valence-electron chi connectivity index (χ1n) is 11.0. The van der Waals surface area contributed by atoms with E-state index in [1.165, 1.54) is 0 Å². The van der Waals surface area contributed by atoms with Crippen LogP contribution in [0.1, 0.15) is 47.0 Å². The highest BCUT2D eigenvalue weighted by Crippen LogP contribution is 2.41. The maximum absolute atomic E-state index is 13.4. The first kappa shape index (κ1) is 23.8. The van der Waals surface area contributed by atoms with Gasteiger partial charge in [0, 0.05) is 11.5 Å². The Bertz CT molecular complexity index is 1170. The summed E-state index contributed by atoms with van der Waals surface area (Å²) >= 11 is 0. The number of alkyl halides is 3. The van der Waals surface area contributed by atoms with E-state index < -0.39 is 29.9 Å². The van der Waals surface area contributed by atoms with Crippen molar-refractivity contribution >= 4 is 5.97 Å². The van der Waals surface area contributed by atoms with E-state index in [-0.39, 0.29) is 17.0 Å². The number of aliphatic hydroxyl groups is 1. The van der Waals surface area contributed by atoms with Gasteiger partial charge in [-0.2, -0.15) is 13.2 Å². The van der Waals surface area contributed by atoms with Crippen molar-refractivity contribution in [1.82, 2.24) is 0 Å². The molecule has 3 aromatic carbocycles. The zero-order valence-electron chi connectivity index (χ0n) is 18.8. The number of benzene rings is 3. The van der Waals surface area contributed by atoms with Crippen LogP contribution in [-0.2, 0) is 17.3 Å². The molecule has 0 spiro atoms. The van der Waals surface area contributed by atoms with E-state index in [2.05, 4.69) is 0 Å². The first-order chi connectivity index (χ1) is 16.1. The molecule has 34 heavy (non-hydrogen) atoms. The Morgan fingerprint density at radius 3 is 2.50 bits per heavy atom. The smallest absolute Gasteiger partial charge is 0.416 e. The lowest BCUT2D eigenvalue weighted by Crippen LogP contribution is -2.27. The van der Waals surface area contributed by atoms with Gasteiger partial charge >= 0.3 is 12.1 Å². The minimum absolute atomic E-state index is 0.0219. The molecule has 0 fully saturated rings. The second-order valence-corrected chi connectivity index (χ2v) is 8.67. The lowest BCUT2D eigenvalue weighted by atomic mass is 9.86. The maximum atomic E-state index is 13.4. The van der Waals surface area contributed by atoms with Gasteiger partial charge in [0.25, 0.3) is 0 Å². The molecule has 1 aliphatic heterocycles. The van der Waals surface area contributed by atoms with Crippen molar-refractivity contribution in [3.05, 3.63) is 89.0 Å². The Balaban J connectivity index is 1.73. The highest BCUT2D eigenvalue weighted by atomic mass is 19.4. The van der Waals surface area contributed by atoms with Crippen LogP contribution >= 0.6 is 0 Å². The summed E-state index contributed by atoms with van der Waals surface area (Å²) in [4.78, 5) is 12.6. The van der Waals surface area contributed by atoms with Gasteiger partial charge in [-0.1, -0.05) is 36.4 Å². The standard InChI is InChI=1S/C27H25F3O4/c1-16(2)34-26(32)21-10-9-20(27(28,29)30)14-22(21)18-8-11-24-23(13-18)25(31)19(15-33-24)12-17-6-4-3-5-7-17/h3-11,13-14,16,19,25,31H,12,15H2,1-2H3/t19-,25+/m0/s1. The number of rotatable bonds is 5. The van der Waals surface area contributed by atoms with E-state index in [4.69, 9.17) is 9.47 Å². The minimum atomic E-state index is -4.58. The van der Waals surface area contributed by atoms with Crippen LogP contribution in [0.4, 0.5) is 13.2 Å². The van der Waals surface area contributed by atoms with Gasteiger partial charge in [0.1, 0.15) is 5.75 Å². The maximum Gasteiger partial charge on any atom is 0.416 e. The number of halogens is 3. The monoisotopic (exact) mass is 470 g/mol. The highest BCUT2D eigenvalue weighted by Gasteiger charge is 2.33. The topological polar surface area (TPSA) is 55.8 Å². The van der Waals surface area contributed by atoms with Gasteiger partial charge < -0.3 is 14.6 Å². The minimum Gasteiger partial charge on any atom is -0.493 e. The molecule has 0 amide bonds. The second-order valence-electron chi connectivity index (χ2n) is 8.67. The molecule has 1 N–H and O–H groups in total. The Kier molecular flexibility index (Phi) is 6.66. The van der Waals surface area contributed by atoms with Crippen LogP contribution in [-0.4, -0.2) is 23.8 Å². The van der Waals surface area contributed by atoms with Crippen LogP contribution in [0, 0.1) is 5.92 Å². The van der Waals surface area contributed by atoms with Crippen molar-refractivity contribution in [2.24, 2.45) is 5.92 Å². The average Bonchev–Trinajstić information content (AvgIpc) is 2.80. The summed E-state index contributed by atoms with van der Waals surface area (Å²) in [5.41, 5.74) is 1.12. The van der Waals surface area contributed by atoms with Crippen molar-refractivity contribution < 1.29 is 32.5 Å². The zero-order chi connectivity index (χ0) is 24.5. The molecular formula is C27H25F3O4. The Morgan fingerprint density at radius 1 is 1.09 bits per heavy atom. The summed E-state index contributed by atoms with van der Waals surface area (Å²) in [6, 6.07) is 17.4. The molecule has 178 valence electrons. The van der Waals surface area contributed by atoms with Gasteiger partial charge in [0.05, 0.1) is 29.9 Å². The molecule has 0 saturated carbocycles. The predicted molar refractivity (Wildman–Crippen MR) is 122 cm³/mol. The third-order valence-electron chi connectivity index (χ3n) is 5.79. The molecule has 1 heterocycles. The Hall–Kier alpha value is -3.32. The number of hydrogen-bond acceptors (Lipinski definition) is 4. The van der Waals surface area contributed by atoms with Gasteiger partial charge in [0.2, 0.25) is 0 Å². The molecule has 0 radical (unpaired) electrons. The van der Waals surface area contributed by atoms with Gasteiger partial charge in [-0.15, -0.1) is 0 Å².